The molecule has 0 N–H and O–H groups in total. The second-order valence-corrected chi connectivity index (χ2v) is 4.61. The highest BCUT2D eigenvalue weighted by Crippen LogP contribution is 2.27. The lowest BCUT2D eigenvalue weighted by atomic mass is 10.1. The number of carbonyl (C=O) groups excluding carboxylic acids is 1. The predicted molar refractivity (Wildman–Crippen MR) is 77.1 cm³/mol. The van der Waals surface area contributed by atoms with Crippen molar-refractivity contribution >= 4 is 17.0 Å². The summed E-state index contributed by atoms with van der Waals surface area (Å²) in [5.41, 5.74) is 2.31. The standard InChI is InChI=1S/C16H13FN2O2/c1-21-15(20)10-19-14(11-4-6-13(17)7-5-11)9-12-3-2-8-18-16(12)19/h2-9H,10H2,1H3. The molecule has 0 atom stereocenters. The van der Waals surface area contributed by atoms with Crippen molar-refractivity contribution in [3.8, 4) is 11.3 Å². The van der Waals surface area contributed by atoms with Crippen molar-refractivity contribution in [3.05, 3.63) is 54.5 Å². The Hall–Kier alpha value is -2.69. The second kappa shape index (κ2) is 5.36. The molecule has 5 heteroatoms. The number of aromatic nitrogens is 2. The van der Waals surface area contributed by atoms with Gasteiger partial charge in [0.1, 0.15) is 18.0 Å². The number of halogens is 1. The zero-order valence-corrected chi connectivity index (χ0v) is 11.4. The molecule has 0 amide bonds. The van der Waals surface area contributed by atoms with Crippen molar-refractivity contribution in [2.75, 3.05) is 7.11 Å². The molecule has 0 bridgehead atoms. The first-order valence-electron chi connectivity index (χ1n) is 6.46. The summed E-state index contributed by atoms with van der Waals surface area (Å²) in [6, 6.07) is 11.8. The molecule has 1 aromatic carbocycles. The van der Waals surface area contributed by atoms with Gasteiger partial charge in [0, 0.05) is 11.6 Å². The van der Waals surface area contributed by atoms with Crippen molar-refractivity contribution in [1.29, 1.82) is 0 Å². The maximum Gasteiger partial charge on any atom is 0.325 e. The lowest BCUT2D eigenvalue weighted by molar-refractivity contribution is -0.141. The Labute approximate surface area is 120 Å². The fourth-order valence-corrected chi connectivity index (χ4v) is 2.30. The van der Waals surface area contributed by atoms with Crippen LogP contribution in [0.2, 0.25) is 0 Å². The Morgan fingerprint density at radius 3 is 2.76 bits per heavy atom. The SMILES string of the molecule is COC(=O)Cn1c(-c2ccc(F)cc2)cc2cccnc21. The van der Waals surface area contributed by atoms with Gasteiger partial charge in [-0.2, -0.15) is 0 Å². The van der Waals surface area contributed by atoms with E-state index < -0.39 is 0 Å². The first-order valence-corrected chi connectivity index (χ1v) is 6.46. The van der Waals surface area contributed by atoms with Crippen molar-refractivity contribution in [3.63, 3.8) is 0 Å². The Morgan fingerprint density at radius 2 is 2.05 bits per heavy atom. The van der Waals surface area contributed by atoms with Crippen LogP contribution in [-0.4, -0.2) is 22.6 Å². The van der Waals surface area contributed by atoms with Crippen molar-refractivity contribution in [1.82, 2.24) is 9.55 Å². The Kier molecular flexibility index (Phi) is 3.39. The summed E-state index contributed by atoms with van der Waals surface area (Å²) < 4.78 is 19.6. The van der Waals surface area contributed by atoms with Crippen LogP contribution in [0.3, 0.4) is 0 Å². The van der Waals surface area contributed by atoms with Gasteiger partial charge in [-0.3, -0.25) is 4.79 Å². The van der Waals surface area contributed by atoms with Gasteiger partial charge in [-0.25, -0.2) is 9.37 Å². The molecule has 0 radical (unpaired) electrons. The molecule has 2 heterocycles. The fourth-order valence-electron chi connectivity index (χ4n) is 2.30. The molecule has 0 saturated heterocycles. The van der Waals surface area contributed by atoms with Gasteiger partial charge in [0.25, 0.3) is 0 Å². The highest BCUT2D eigenvalue weighted by molar-refractivity contribution is 5.86. The summed E-state index contributed by atoms with van der Waals surface area (Å²) in [4.78, 5) is 15.9. The summed E-state index contributed by atoms with van der Waals surface area (Å²) in [7, 11) is 1.35. The predicted octanol–water partition coefficient (Wildman–Crippen LogP) is 3.02. The maximum absolute atomic E-state index is 13.1. The topological polar surface area (TPSA) is 44.1 Å². The third kappa shape index (κ3) is 2.50. The molecule has 2 aromatic heterocycles. The fraction of sp³-hybridized carbons (Fsp3) is 0.125. The van der Waals surface area contributed by atoms with Gasteiger partial charge in [-0.1, -0.05) is 0 Å². The van der Waals surface area contributed by atoms with Crippen LogP contribution in [0.5, 0.6) is 0 Å². The summed E-state index contributed by atoms with van der Waals surface area (Å²) >= 11 is 0. The molecule has 0 spiro atoms. The lowest BCUT2D eigenvalue weighted by Gasteiger charge is -2.09. The van der Waals surface area contributed by atoms with Crippen molar-refractivity contribution in [2.45, 2.75) is 6.54 Å². The average Bonchev–Trinajstić information content (AvgIpc) is 2.87. The number of carbonyl (C=O) groups is 1. The van der Waals surface area contributed by atoms with Crippen LogP contribution >= 0.6 is 0 Å². The van der Waals surface area contributed by atoms with E-state index in [4.69, 9.17) is 4.74 Å². The van der Waals surface area contributed by atoms with Gasteiger partial charge in [0.2, 0.25) is 0 Å². The number of methoxy groups -OCH3 is 1. The number of hydrogen-bond acceptors (Lipinski definition) is 3. The summed E-state index contributed by atoms with van der Waals surface area (Å²) in [6.07, 6.45) is 1.67. The zero-order valence-electron chi connectivity index (χ0n) is 11.4. The van der Waals surface area contributed by atoms with Crippen LogP contribution in [0.1, 0.15) is 0 Å². The second-order valence-electron chi connectivity index (χ2n) is 4.61. The van der Waals surface area contributed by atoms with E-state index in [1.807, 2.05) is 18.2 Å². The molecule has 21 heavy (non-hydrogen) atoms. The molecular formula is C16H13FN2O2. The number of ether oxygens (including phenoxy) is 1. The number of hydrogen-bond donors (Lipinski definition) is 0. The van der Waals surface area contributed by atoms with E-state index in [9.17, 15) is 9.18 Å². The van der Waals surface area contributed by atoms with E-state index in [0.717, 1.165) is 16.6 Å². The largest absolute Gasteiger partial charge is 0.468 e. The van der Waals surface area contributed by atoms with Gasteiger partial charge in [0.05, 0.1) is 12.8 Å². The van der Waals surface area contributed by atoms with Crippen LogP contribution < -0.4 is 0 Å². The third-order valence-electron chi connectivity index (χ3n) is 3.31. The molecule has 0 unspecified atom stereocenters. The monoisotopic (exact) mass is 284 g/mol. The Morgan fingerprint density at radius 1 is 1.29 bits per heavy atom. The van der Waals surface area contributed by atoms with Gasteiger partial charge in [0.15, 0.2) is 0 Å². The molecule has 0 aliphatic carbocycles. The van der Waals surface area contributed by atoms with E-state index in [1.165, 1.54) is 19.2 Å². The van der Waals surface area contributed by atoms with Crippen LogP contribution in [0.15, 0.2) is 48.7 Å². The molecule has 0 aliphatic heterocycles. The van der Waals surface area contributed by atoms with Crippen LogP contribution in [-0.2, 0) is 16.1 Å². The minimum absolute atomic E-state index is 0.0592. The molecule has 3 aromatic rings. The van der Waals surface area contributed by atoms with Crippen LogP contribution in [0.25, 0.3) is 22.3 Å². The van der Waals surface area contributed by atoms with E-state index in [-0.39, 0.29) is 18.3 Å². The van der Waals surface area contributed by atoms with E-state index in [2.05, 4.69) is 4.98 Å². The molecule has 0 saturated carbocycles. The molecule has 0 aliphatic rings. The molecular weight excluding hydrogens is 271 g/mol. The lowest BCUT2D eigenvalue weighted by Crippen LogP contribution is -2.12. The maximum atomic E-state index is 13.1. The average molecular weight is 284 g/mol. The minimum atomic E-state index is -0.360. The van der Waals surface area contributed by atoms with Gasteiger partial charge in [-0.05, 0) is 48.0 Å². The molecule has 4 nitrogen and oxygen atoms in total. The normalized spacial score (nSPS) is 10.8. The molecule has 0 fully saturated rings. The van der Waals surface area contributed by atoms with Crippen LogP contribution in [0, 0.1) is 5.82 Å². The summed E-state index contributed by atoms with van der Waals surface area (Å²) in [6.45, 7) is 0.0592. The Balaban J connectivity index is 2.18. The first kappa shape index (κ1) is 13.3. The highest BCUT2D eigenvalue weighted by Gasteiger charge is 2.14. The summed E-state index contributed by atoms with van der Waals surface area (Å²) in [5, 5.41) is 0.917. The minimum Gasteiger partial charge on any atom is -0.468 e. The number of nitrogens with zero attached hydrogens (tertiary/aromatic N) is 2. The number of rotatable bonds is 3. The van der Waals surface area contributed by atoms with Gasteiger partial charge in [-0.15, -0.1) is 0 Å². The van der Waals surface area contributed by atoms with Crippen molar-refractivity contribution in [2.24, 2.45) is 0 Å². The number of esters is 1. The first-order chi connectivity index (χ1) is 10.2. The van der Waals surface area contributed by atoms with Gasteiger partial charge >= 0.3 is 5.97 Å². The summed E-state index contributed by atoms with van der Waals surface area (Å²) in [5.74, 6) is -0.658. The molecule has 106 valence electrons. The quantitative estimate of drug-likeness (QED) is 0.694. The van der Waals surface area contributed by atoms with Gasteiger partial charge < -0.3 is 9.30 Å². The van der Waals surface area contributed by atoms with Crippen molar-refractivity contribution < 1.29 is 13.9 Å². The number of benzene rings is 1. The van der Waals surface area contributed by atoms with E-state index >= 15 is 0 Å². The number of fused-ring (bicyclic) bond motifs is 1. The van der Waals surface area contributed by atoms with E-state index in [0.29, 0.717) is 5.65 Å². The number of pyridine rings is 1. The van der Waals surface area contributed by atoms with E-state index in [1.54, 1.807) is 22.9 Å². The third-order valence-corrected chi connectivity index (χ3v) is 3.31. The van der Waals surface area contributed by atoms with Crippen LogP contribution in [0.4, 0.5) is 4.39 Å². The molecule has 3 rings (SSSR count). The zero-order chi connectivity index (χ0) is 14.8. The Bertz CT molecular complexity index is 794. The highest BCUT2D eigenvalue weighted by atomic mass is 19.1. The smallest absolute Gasteiger partial charge is 0.325 e.